The topological polar surface area (TPSA) is 477 Å². The fourth-order valence-electron chi connectivity index (χ4n) is 12.8. The lowest BCUT2D eigenvalue weighted by molar-refractivity contribution is -0.433. The average Bonchev–Trinajstić information content (AvgIpc) is 1.59. The van der Waals surface area contributed by atoms with Crippen LogP contribution in [0.4, 0.5) is 17.1 Å². The van der Waals surface area contributed by atoms with E-state index in [1.807, 2.05) is 51.0 Å². The Kier molecular flexibility index (Phi) is 23.2. The molecule has 5 amide bonds. The molecule has 3 heterocycles. The van der Waals surface area contributed by atoms with Gasteiger partial charge in [-0.1, -0.05) is 38.1 Å². The van der Waals surface area contributed by atoms with E-state index in [9.17, 15) is 112 Å². The van der Waals surface area contributed by atoms with Gasteiger partial charge in [0.15, 0.2) is 5.71 Å². The molecular weight excluding hydrogens is 1370 g/mol. The maximum Gasteiger partial charge on any atom is 0.323 e. The number of hydrogen-bond acceptors (Lipinski definition) is 16. The first-order valence-electron chi connectivity index (χ1n) is 31.4. The highest BCUT2D eigenvalue weighted by atomic mass is 32.2. The number of pyridine rings is 1. The number of nitrogens with zero attached hydrogens (tertiary/aromatic N) is 7. The Balaban J connectivity index is 1.33. The van der Waals surface area contributed by atoms with Gasteiger partial charge in [-0.15, -0.1) is 0 Å². The number of amides is 5. The Morgan fingerprint density at radius 1 is 0.534 bits per heavy atom. The Morgan fingerprint density at radius 3 is 1.40 bits per heavy atom. The third-order valence-corrected chi connectivity index (χ3v) is 17.5. The number of anilines is 2. The molecule has 0 saturated heterocycles. The number of aliphatic carboxylic acids is 8. The highest BCUT2D eigenvalue weighted by Crippen LogP contribution is 2.52. The highest BCUT2D eigenvalue weighted by molar-refractivity contribution is 7.80. The normalized spacial score (nSPS) is 14.2. The molecular formula is C70H70N9O23S+. The van der Waals surface area contributed by atoms with Gasteiger partial charge in [0.25, 0.3) is 40.8 Å². The Morgan fingerprint density at radius 2 is 0.981 bits per heavy atom. The van der Waals surface area contributed by atoms with Gasteiger partial charge in [-0.05, 0) is 133 Å². The molecule has 0 spiro atoms. The molecule has 32 nitrogen and oxygen atoms in total. The standard InChI is InChI=1S/C70H69N9O23S/c1-7-78-50-19-16-43-45(23-40(65(97)74(29-54(80)81)30-55(82)83)25-47(43)67(99)76(33-58(88)89)34-59(90)91)62(50)69(3,4)52(78)21-12-38(49-18-11-39(28-71-49)64(96)72-27-37-9-14-42(15-10-37)73-103(101)102)13-22-53-70(5,6)63-46-24-41(66(98)75(31-56(84)85)32-57(86)87)26-48(44(46)17-20-51(63)79(53)8-2)68(100)77(35-60(92)93)36-61(94)95/h9-26,28,73H,7-8,27,29-36H2,1-6H3,(H9-,72,80,81,82,83,84,85,86,87,88,89,90,91,92,93,94,95,96,101,102)/p+1. The van der Waals surface area contributed by atoms with Gasteiger partial charge in [-0.2, -0.15) is 4.58 Å². The van der Waals surface area contributed by atoms with E-state index in [1.165, 1.54) is 36.5 Å². The number of fused-ring (bicyclic) bond motifs is 6. The number of hydrogen-bond donors (Lipinski definition) is 11. The van der Waals surface area contributed by atoms with Crippen LogP contribution in [0, 0.1) is 0 Å². The molecule has 1 unspecified atom stereocenters. The number of carboxylic acids is 8. The Bertz CT molecular complexity index is 4670. The molecule has 11 N–H and O–H groups in total. The van der Waals surface area contributed by atoms with Gasteiger partial charge in [-0.3, -0.25) is 76.6 Å². The first kappa shape index (κ1) is 76.2. The maximum absolute atomic E-state index is 14.6. The van der Waals surface area contributed by atoms with Crippen LogP contribution in [0.25, 0.3) is 27.1 Å². The molecule has 0 radical (unpaired) electrons. The van der Waals surface area contributed by atoms with Gasteiger partial charge in [0.05, 0.1) is 16.7 Å². The number of carbonyl (C=O) groups is 13. The van der Waals surface area contributed by atoms with Gasteiger partial charge in [0.2, 0.25) is 5.69 Å². The monoisotopic (exact) mass is 1440 g/mol. The number of allylic oxidation sites excluding steroid dienone is 6. The van der Waals surface area contributed by atoms with Crippen LogP contribution in [-0.2, 0) is 67.0 Å². The van der Waals surface area contributed by atoms with Crippen LogP contribution >= 0.6 is 0 Å². The number of benzene rings is 5. The van der Waals surface area contributed by atoms with Crippen molar-refractivity contribution in [3.8, 4) is 0 Å². The molecule has 538 valence electrons. The zero-order valence-electron chi connectivity index (χ0n) is 56.0. The zero-order valence-corrected chi connectivity index (χ0v) is 56.8. The van der Waals surface area contributed by atoms with Crippen molar-refractivity contribution >= 4 is 138 Å². The van der Waals surface area contributed by atoms with E-state index in [4.69, 9.17) is 4.98 Å². The summed E-state index contributed by atoms with van der Waals surface area (Å²) in [6.07, 6.45) is 8.28. The van der Waals surface area contributed by atoms with E-state index in [-0.39, 0.29) is 63.6 Å². The fourth-order valence-corrected chi connectivity index (χ4v) is 13.2. The van der Waals surface area contributed by atoms with Crippen LogP contribution in [0.1, 0.15) is 116 Å². The van der Waals surface area contributed by atoms with Gasteiger partial charge in [0.1, 0.15) is 58.9 Å². The molecule has 2 aliphatic heterocycles. The van der Waals surface area contributed by atoms with Crippen LogP contribution in [-0.4, -0.2) is 227 Å². The molecule has 0 bridgehead atoms. The Hall–Kier alpha value is -12.5. The van der Waals surface area contributed by atoms with Gasteiger partial charge in [0, 0.05) is 87.3 Å². The lowest BCUT2D eigenvalue weighted by atomic mass is 9.78. The smallest absolute Gasteiger partial charge is 0.323 e. The summed E-state index contributed by atoms with van der Waals surface area (Å²) in [5.41, 5.74) is 0.893. The molecule has 1 atom stereocenters. The Labute approximate surface area is 587 Å². The molecule has 0 saturated carbocycles. The predicted octanol–water partition coefficient (Wildman–Crippen LogP) is 5.05. The number of carboxylic acid groups (broad SMARTS) is 8. The molecule has 5 aromatic carbocycles. The van der Waals surface area contributed by atoms with Crippen molar-refractivity contribution in [3.63, 3.8) is 0 Å². The summed E-state index contributed by atoms with van der Waals surface area (Å²) in [5, 5.41) is 81.7. The SMILES string of the molecule is CCN1C(=CC=C(C=CC2=[N+](CC)c3ccc4c(C(=O)N(CC(=O)O)CC(=O)O)cc(C(=O)N(CC(=O)O)CC(=O)O)cc4c3C2(C)C)c2ccc(C(=O)NCc3ccc(NS(=O)O)cc3)cn2)C(C)(C)c2c1ccc1c(C(=O)N(CC(=O)O)CC(=O)O)cc(C(=O)N(CC(=O)O)CC(=O)O)cc21. The number of carbonyl (C=O) groups excluding carboxylic acids is 5. The summed E-state index contributed by atoms with van der Waals surface area (Å²) in [6, 6.07) is 20.5. The van der Waals surface area contributed by atoms with Crippen molar-refractivity contribution in [1.29, 1.82) is 0 Å². The second-order valence-electron chi connectivity index (χ2n) is 24.7. The summed E-state index contributed by atoms with van der Waals surface area (Å²) < 4.78 is 24.8. The summed E-state index contributed by atoms with van der Waals surface area (Å²) in [7, 11) is 0. The molecule has 2 aliphatic rings. The second kappa shape index (κ2) is 31.4. The summed E-state index contributed by atoms with van der Waals surface area (Å²) in [6.45, 7) is 2.62. The second-order valence-corrected chi connectivity index (χ2v) is 25.4. The number of rotatable bonds is 31. The molecule has 6 aromatic rings. The van der Waals surface area contributed by atoms with E-state index >= 15 is 0 Å². The minimum absolute atomic E-state index is 0.0416. The molecule has 33 heteroatoms. The van der Waals surface area contributed by atoms with Crippen molar-refractivity contribution in [2.24, 2.45) is 0 Å². The predicted molar refractivity (Wildman–Crippen MR) is 369 cm³/mol. The first-order valence-corrected chi connectivity index (χ1v) is 32.5. The summed E-state index contributed by atoms with van der Waals surface area (Å²) in [4.78, 5) is 177. The number of likely N-dealkylation sites (N-methyl/N-ethyl adjacent to an activating group) is 1. The molecule has 0 fully saturated rings. The average molecular weight is 1440 g/mol. The van der Waals surface area contributed by atoms with Gasteiger partial charge < -0.3 is 70.7 Å². The van der Waals surface area contributed by atoms with Gasteiger partial charge >= 0.3 is 47.8 Å². The minimum atomic E-state index is -2.32. The minimum Gasteiger partial charge on any atom is -0.480 e. The van der Waals surface area contributed by atoms with Crippen LogP contribution in [0.5, 0.6) is 0 Å². The number of nitrogens with one attached hydrogen (secondary N) is 2. The highest BCUT2D eigenvalue weighted by Gasteiger charge is 2.47. The van der Waals surface area contributed by atoms with E-state index in [1.54, 1.807) is 66.8 Å². The molecule has 103 heavy (non-hydrogen) atoms. The van der Waals surface area contributed by atoms with Gasteiger partial charge in [-0.25, -0.2) is 4.21 Å². The molecule has 8 rings (SSSR count). The van der Waals surface area contributed by atoms with E-state index in [2.05, 4.69) is 10.0 Å². The maximum atomic E-state index is 14.6. The third-order valence-electron chi connectivity index (χ3n) is 17.0. The van der Waals surface area contributed by atoms with Crippen molar-refractivity contribution < 1.29 is 117 Å². The van der Waals surface area contributed by atoms with E-state index in [0.29, 0.717) is 70.3 Å². The van der Waals surface area contributed by atoms with E-state index < -0.39 is 163 Å². The van der Waals surface area contributed by atoms with Crippen LogP contribution in [0.3, 0.4) is 0 Å². The van der Waals surface area contributed by atoms with Crippen molar-refractivity contribution in [2.75, 3.05) is 75.1 Å². The fraction of sp³-hybridized carbons (Fsp3) is 0.271. The van der Waals surface area contributed by atoms with Crippen molar-refractivity contribution in [2.45, 2.75) is 58.9 Å². The third kappa shape index (κ3) is 17.0. The quantitative estimate of drug-likeness (QED) is 0.0154. The van der Waals surface area contributed by atoms with E-state index in [0.717, 1.165) is 12.1 Å². The van der Waals surface area contributed by atoms with Crippen molar-refractivity contribution in [3.05, 3.63) is 171 Å². The lowest BCUT2D eigenvalue weighted by Crippen LogP contribution is -2.40. The first-order chi connectivity index (χ1) is 48.5. The molecule has 1 aromatic heterocycles. The number of aromatic nitrogens is 1. The van der Waals surface area contributed by atoms with Crippen LogP contribution < -0.4 is 14.9 Å². The lowest BCUT2D eigenvalue weighted by Gasteiger charge is -2.26. The largest absolute Gasteiger partial charge is 0.480 e. The summed E-state index contributed by atoms with van der Waals surface area (Å²) in [5.74, 6) is -17.8. The van der Waals surface area contributed by atoms with Crippen molar-refractivity contribution in [1.82, 2.24) is 29.9 Å². The van der Waals surface area contributed by atoms with Crippen LogP contribution in [0.2, 0.25) is 0 Å². The molecule has 0 aliphatic carbocycles. The summed E-state index contributed by atoms with van der Waals surface area (Å²) >= 11 is -2.32. The van der Waals surface area contributed by atoms with Crippen LogP contribution in [0.15, 0.2) is 121 Å². The zero-order chi connectivity index (χ0) is 75.9.